The molecule has 4 nitrogen and oxygen atoms in total. The van der Waals surface area contributed by atoms with E-state index in [1.807, 2.05) is 0 Å². The van der Waals surface area contributed by atoms with Gasteiger partial charge in [0, 0.05) is 38.5 Å². The molecule has 0 saturated heterocycles. The van der Waals surface area contributed by atoms with Gasteiger partial charge < -0.3 is 10.2 Å². The Balaban J connectivity index is 0.000000216. The summed E-state index contributed by atoms with van der Waals surface area (Å²) in [7, 11) is 0. The Kier molecular flexibility index (Phi) is 9.32. The zero-order chi connectivity index (χ0) is 36.4. The molecule has 4 aliphatic rings. The number of carbonyl (C=O) groups excluding carboxylic acids is 2. The van der Waals surface area contributed by atoms with Crippen molar-refractivity contribution in [2.45, 2.75) is 67.2 Å². The van der Waals surface area contributed by atoms with Crippen molar-refractivity contribution in [3.63, 3.8) is 0 Å². The fourth-order valence-corrected chi connectivity index (χ4v) is 8.19. The summed E-state index contributed by atoms with van der Waals surface area (Å²) in [4.78, 5) is 25.2. The second-order valence-electron chi connectivity index (χ2n) is 14.4. The standard InChI is InChI=1S/2C17H15F5O2.Ni/c2*1-16(2)6-4-5-17(16,3)15(24)7(6)14(23)8-9(18)11(20)13(22)12(21)10(8)19;/h2*6,24H,4-5H2,1-3H3;. The molecular weight excluding hydrogens is 721 g/mol. The number of carbonyl (C=O) groups is 2. The van der Waals surface area contributed by atoms with E-state index in [4.69, 9.17) is 0 Å². The maximum absolute atomic E-state index is 13.9. The minimum absolute atomic E-state index is 0. The van der Waals surface area contributed by atoms with Crippen molar-refractivity contribution in [1.82, 2.24) is 0 Å². The van der Waals surface area contributed by atoms with Crippen LogP contribution in [0.2, 0.25) is 0 Å². The van der Waals surface area contributed by atoms with E-state index < -0.39 is 114 Å². The molecule has 6 rings (SSSR count). The van der Waals surface area contributed by atoms with Crippen LogP contribution in [-0.2, 0) is 16.5 Å². The summed E-state index contributed by atoms with van der Waals surface area (Å²) in [6.45, 7) is 10.7. The molecule has 4 bridgehead atoms. The molecule has 2 aromatic rings. The van der Waals surface area contributed by atoms with Crippen molar-refractivity contribution < 1.29 is 80.2 Å². The molecule has 4 unspecified atom stereocenters. The topological polar surface area (TPSA) is 74.6 Å². The third-order valence-corrected chi connectivity index (χ3v) is 12.1. The van der Waals surface area contributed by atoms with Gasteiger partial charge >= 0.3 is 0 Å². The van der Waals surface area contributed by atoms with Crippen LogP contribution < -0.4 is 0 Å². The SMILES string of the molecule is CC12CCC(C(C(=O)c3c(F)c(F)c(F)c(F)c3F)=C1O)C2(C)C.CC12CCC(C(C(=O)c3c(F)c(F)c(F)c(F)c3F)=C1O)C2(C)C.[Ni]. The van der Waals surface area contributed by atoms with E-state index >= 15 is 0 Å². The van der Waals surface area contributed by atoms with E-state index in [1.165, 1.54) is 0 Å². The molecule has 15 heteroatoms. The molecule has 2 N–H and O–H groups in total. The van der Waals surface area contributed by atoms with Crippen LogP contribution in [0.25, 0.3) is 0 Å². The first kappa shape index (κ1) is 38.5. The normalized spacial score (nSPS) is 27.3. The number of halogens is 10. The molecule has 2 saturated carbocycles. The Morgan fingerprint density at radius 3 is 0.918 bits per heavy atom. The van der Waals surface area contributed by atoms with Crippen molar-refractivity contribution in [1.29, 1.82) is 0 Å². The first-order chi connectivity index (χ1) is 21.9. The molecule has 2 aromatic carbocycles. The van der Waals surface area contributed by atoms with Gasteiger partial charge in [0.25, 0.3) is 0 Å². The van der Waals surface area contributed by atoms with Crippen LogP contribution in [0.5, 0.6) is 0 Å². The first-order valence-corrected chi connectivity index (χ1v) is 14.9. The molecule has 0 amide bonds. The molecular formula is C34H30F10NiO4. The summed E-state index contributed by atoms with van der Waals surface area (Å²) in [5.41, 5.74) is -6.20. The van der Waals surface area contributed by atoms with E-state index in [2.05, 4.69) is 0 Å². The van der Waals surface area contributed by atoms with Gasteiger partial charge in [0.2, 0.25) is 11.6 Å². The first-order valence-electron chi connectivity index (χ1n) is 14.9. The molecule has 4 aliphatic carbocycles. The molecule has 4 atom stereocenters. The van der Waals surface area contributed by atoms with Crippen molar-refractivity contribution in [3.8, 4) is 0 Å². The van der Waals surface area contributed by atoms with Crippen LogP contribution >= 0.6 is 0 Å². The Morgan fingerprint density at radius 1 is 0.490 bits per heavy atom. The molecule has 0 radical (unpaired) electrons. The van der Waals surface area contributed by atoms with E-state index in [0.717, 1.165) is 0 Å². The molecule has 270 valence electrons. The zero-order valence-corrected chi connectivity index (χ0v) is 27.8. The number of ketones is 2. The quantitative estimate of drug-likeness (QED) is 0.107. The van der Waals surface area contributed by atoms with Gasteiger partial charge in [-0.05, 0) is 48.3 Å². The number of hydrogen-bond donors (Lipinski definition) is 2. The Bertz CT molecular complexity index is 1710. The van der Waals surface area contributed by atoms with Crippen LogP contribution in [0.3, 0.4) is 0 Å². The summed E-state index contributed by atoms with van der Waals surface area (Å²) in [6.07, 6.45) is 2.13. The van der Waals surface area contributed by atoms with Crippen LogP contribution in [0.15, 0.2) is 22.7 Å². The fourth-order valence-electron chi connectivity index (χ4n) is 8.19. The maximum Gasteiger partial charge on any atom is 0.200 e. The summed E-state index contributed by atoms with van der Waals surface area (Å²) in [5.74, 6) is -26.4. The summed E-state index contributed by atoms with van der Waals surface area (Å²) in [6, 6.07) is 0. The maximum atomic E-state index is 13.9. The van der Waals surface area contributed by atoms with Crippen LogP contribution in [0.1, 0.15) is 87.9 Å². The number of rotatable bonds is 4. The Hall–Kier alpha value is -3.35. The van der Waals surface area contributed by atoms with E-state index in [0.29, 0.717) is 25.7 Å². The van der Waals surface area contributed by atoms with Gasteiger partial charge in [-0.25, -0.2) is 43.9 Å². The van der Waals surface area contributed by atoms with Gasteiger partial charge in [-0.1, -0.05) is 41.5 Å². The van der Waals surface area contributed by atoms with Gasteiger partial charge in [0.1, 0.15) is 22.6 Å². The smallest absolute Gasteiger partial charge is 0.200 e. The van der Waals surface area contributed by atoms with Gasteiger partial charge in [-0.15, -0.1) is 0 Å². The summed E-state index contributed by atoms with van der Waals surface area (Å²) < 4.78 is 135. The molecule has 49 heavy (non-hydrogen) atoms. The van der Waals surface area contributed by atoms with Crippen LogP contribution in [0.4, 0.5) is 43.9 Å². The summed E-state index contributed by atoms with van der Waals surface area (Å²) in [5, 5.41) is 20.9. The Morgan fingerprint density at radius 2 is 0.714 bits per heavy atom. The monoisotopic (exact) mass is 750 g/mol. The predicted octanol–water partition coefficient (Wildman–Crippen LogP) is 9.66. The molecule has 0 heterocycles. The number of benzene rings is 2. The van der Waals surface area contributed by atoms with Gasteiger partial charge in [0.05, 0.1) is 0 Å². The molecule has 0 aliphatic heterocycles. The number of fused-ring (bicyclic) bond motifs is 4. The third-order valence-electron chi connectivity index (χ3n) is 12.1. The van der Waals surface area contributed by atoms with Crippen molar-refractivity contribution in [3.05, 3.63) is 92.0 Å². The second kappa shape index (κ2) is 11.9. The van der Waals surface area contributed by atoms with E-state index in [9.17, 15) is 63.7 Å². The van der Waals surface area contributed by atoms with Gasteiger partial charge in [-0.3, -0.25) is 9.59 Å². The van der Waals surface area contributed by atoms with E-state index in [1.54, 1.807) is 41.5 Å². The average Bonchev–Trinajstić information content (AvgIpc) is 3.52. The number of hydrogen-bond acceptors (Lipinski definition) is 4. The largest absolute Gasteiger partial charge is 0.511 e. The minimum Gasteiger partial charge on any atom is -0.511 e. The van der Waals surface area contributed by atoms with Crippen LogP contribution in [0, 0.1) is 91.7 Å². The average molecular weight is 751 g/mol. The second-order valence-corrected chi connectivity index (χ2v) is 14.4. The number of allylic oxidation sites excluding steroid dienone is 4. The van der Waals surface area contributed by atoms with Gasteiger partial charge in [0.15, 0.2) is 58.1 Å². The van der Waals surface area contributed by atoms with Crippen molar-refractivity contribution in [2.24, 2.45) is 33.5 Å². The zero-order valence-electron chi connectivity index (χ0n) is 26.8. The Labute approximate surface area is 284 Å². The fraction of sp³-hybridized carbons (Fsp3) is 0.471. The molecule has 0 spiro atoms. The van der Waals surface area contributed by atoms with E-state index in [-0.39, 0.29) is 39.2 Å². The third kappa shape index (κ3) is 4.76. The summed E-state index contributed by atoms with van der Waals surface area (Å²) >= 11 is 0. The minimum atomic E-state index is -2.32. The van der Waals surface area contributed by atoms with Crippen molar-refractivity contribution >= 4 is 11.6 Å². The van der Waals surface area contributed by atoms with Crippen molar-refractivity contribution in [2.75, 3.05) is 0 Å². The van der Waals surface area contributed by atoms with Crippen LogP contribution in [-0.4, -0.2) is 21.8 Å². The predicted molar refractivity (Wildman–Crippen MR) is 150 cm³/mol. The van der Waals surface area contributed by atoms with Gasteiger partial charge in [-0.2, -0.15) is 0 Å². The molecule has 2 fully saturated rings. The number of aliphatic hydroxyl groups is 2. The number of Topliss-reactive ketones (excluding diaryl/α,β-unsaturated/α-hetero) is 2. The number of aliphatic hydroxyl groups excluding tert-OH is 2. The molecule has 0 aromatic heterocycles.